The first-order valence-corrected chi connectivity index (χ1v) is 6.02. The molecule has 3 heteroatoms. The van der Waals surface area contributed by atoms with E-state index in [0.717, 1.165) is 6.42 Å². The van der Waals surface area contributed by atoms with Crippen molar-refractivity contribution in [2.45, 2.75) is 45.6 Å². The monoisotopic (exact) mass is 208 g/mol. The molecule has 0 radical (unpaired) electrons. The number of aliphatic imine (C=N–C) groups is 1. The van der Waals surface area contributed by atoms with Crippen LogP contribution in [0.5, 0.6) is 0 Å². The first-order chi connectivity index (χ1) is 7.20. The van der Waals surface area contributed by atoms with Crippen LogP contribution in [0.3, 0.4) is 0 Å². The smallest absolute Gasteiger partial charge is 0.230 e. The molecule has 2 rings (SSSR count). The van der Waals surface area contributed by atoms with Gasteiger partial charge in [-0.3, -0.25) is 9.79 Å². The molecule has 1 fully saturated rings. The highest BCUT2D eigenvalue weighted by molar-refractivity contribution is 5.91. The second-order valence-corrected chi connectivity index (χ2v) is 5.08. The number of nitrogens with zero attached hydrogens (tertiary/aromatic N) is 1. The van der Waals surface area contributed by atoms with Crippen LogP contribution < -0.4 is 5.32 Å². The molecule has 0 saturated heterocycles. The fraction of sp³-hybridized carbons (Fsp3) is 0.833. The van der Waals surface area contributed by atoms with Gasteiger partial charge in [-0.05, 0) is 24.7 Å². The Morgan fingerprint density at radius 1 is 1.40 bits per heavy atom. The number of hydrogen-bond donors (Lipinski definition) is 1. The van der Waals surface area contributed by atoms with E-state index in [4.69, 9.17) is 0 Å². The molecule has 3 nitrogen and oxygen atoms in total. The molecule has 0 aromatic carbocycles. The average Bonchev–Trinajstić information content (AvgIpc) is 2.40. The Morgan fingerprint density at radius 3 is 2.87 bits per heavy atom. The lowest BCUT2D eigenvalue weighted by atomic mass is 9.80. The van der Waals surface area contributed by atoms with Crippen LogP contribution >= 0.6 is 0 Å². The fourth-order valence-electron chi connectivity index (χ4n) is 2.91. The third-order valence-electron chi connectivity index (χ3n) is 3.80. The summed E-state index contributed by atoms with van der Waals surface area (Å²) in [6.07, 6.45) is 6.26. The second-order valence-electron chi connectivity index (χ2n) is 5.08. The summed E-state index contributed by atoms with van der Waals surface area (Å²) in [6, 6.07) is 0.237. The zero-order chi connectivity index (χ0) is 10.8. The first kappa shape index (κ1) is 10.7. The molecule has 1 saturated carbocycles. The van der Waals surface area contributed by atoms with Crippen LogP contribution in [0.15, 0.2) is 4.99 Å². The van der Waals surface area contributed by atoms with Gasteiger partial charge in [0.05, 0.1) is 18.3 Å². The van der Waals surface area contributed by atoms with Crippen molar-refractivity contribution in [3.8, 4) is 0 Å². The zero-order valence-corrected chi connectivity index (χ0v) is 9.57. The maximum atomic E-state index is 11.7. The van der Waals surface area contributed by atoms with Gasteiger partial charge in [0.15, 0.2) is 0 Å². The van der Waals surface area contributed by atoms with E-state index in [1.807, 2.05) is 0 Å². The van der Waals surface area contributed by atoms with E-state index >= 15 is 0 Å². The lowest BCUT2D eigenvalue weighted by Crippen LogP contribution is -2.44. The Balaban J connectivity index is 2.22. The van der Waals surface area contributed by atoms with Gasteiger partial charge in [-0.1, -0.05) is 26.7 Å². The Bertz CT molecular complexity index is 273. The molecule has 1 aliphatic carbocycles. The van der Waals surface area contributed by atoms with Gasteiger partial charge in [0, 0.05) is 0 Å². The van der Waals surface area contributed by atoms with E-state index in [1.165, 1.54) is 19.3 Å². The Morgan fingerprint density at radius 2 is 2.13 bits per heavy atom. The maximum absolute atomic E-state index is 11.7. The van der Waals surface area contributed by atoms with Crippen LogP contribution in [-0.4, -0.2) is 18.3 Å². The second kappa shape index (κ2) is 4.33. The Labute approximate surface area is 91.3 Å². The number of fused-ring (bicyclic) bond motifs is 1. The normalized spacial score (nSPS) is 35.9. The summed E-state index contributed by atoms with van der Waals surface area (Å²) in [6.45, 7) is 4.49. The minimum absolute atomic E-state index is 0.130. The van der Waals surface area contributed by atoms with Gasteiger partial charge in [-0.15, -0.1) is 0 Å². The molecule has 84 valence electrons. The lowest BCUT2D eigenvalue weighted by molar-refractivity contribution is -0.125. The molecular weight excluding hydrogens is 188 g/mol. The van der Waals surface area contributed by atoms with E-state index in [0.29, 0.717) is 11.8 Å². The van der Waals surface area contributed by atoms with Crippen molar-refractivity contribution in [3.63, 3.8) is 0 Å². The highest BCUT2D eigenvalue weighted by atomic mass is 16.2. The highest BCUT2D eigenvalue weighted by Gasteiger charge is 2.38. The molecule has 15 heavy (non-hydrogen) atoms. The number of amides is 1. The quantitative estimate of drug-likeness (QED) is 0.703. The third-order valence-corrected chi connectivity index (χ3v) is 3.80. The average molecular weight is 208 g/mol. The van der Waals surface area contributed by atoms with E-state index < -0.39 is 0 Å². The van der Waals surface area contributed by atoms with E-state index in [9.17, 15) is 4.79 Å². The van der Waals surface area contributed by atoms with Gasteiger partial charge in [0.2, 0.25) is 5.91 Å². The van der Waals surface area contributed by atoms with Gasteiger partial charge in [-0.25, -0.2) is 0 Å². The summed E-state index contributed by atoms with van der Waals surface area (Å²) < 4.78 is 0. The van der Waals surface area contributed by atoms with Gasteiger partial charge in [-0.2, -0.15) is 0 Å². The molecular formula is C12H20N2O. The predicted molar refractivity (Wildman–Crippen MR) is 60.7 cm³/mol. The number of hydrogen-bond acceptors (Lipinski definition) is 2. The molecule has 1 heterocycles. The minimum Gasteiger partial charge on any atom is -0.317 e. The van der Waals surface area contributed by atoms with Crippen molar-refractivity contribution in [1.29, 1.82) is 0 Å². The highest BCUT2D eigenvalue weighted by Crippen LogP contribution is 2.35. The van der Waals surface area contributed by atoms with Crippen molar-refractivity contribution in [2.24, 2.45) is 22.7 Å². The number of rotatable bonds is 1. The molecule has 2 aliphatic rings. The van der Waals surface area contributed by atoms with Crippen LogP contribution in [0.1, 0.15) is 39.5 Å². The van der Waals surface area contributed by atoms with Crippen LogP contribution in [0, 0.1) is 17.8 Å². The van der Waals surface area contributed by atoms with Crippen molar-refractivity contribution in [2.75, 3.05) is 0 Å². The molecule has 1 amide bonds. The summed E-state index contributed by atoms with van der Waals surface area (Å²) >= 11 is 0. The molecule has 0 aromatic rings. The van der Waals surface area contributed by atoms with Gasteiger partial charge < -0.3 is 5.32 Å². The standard InChI is InChI=1S/C12H20N2O/c1-8(2)9-5-3-4-6-10-11(9)13-7-14-12(10)15/h7-11H,3-6H2,1-2H3,(H,13,14,15). The summed E-state index contributed by atoms with van der Waals surface area (Å²) in [5, 5.41) is 2.74. The van der Waals surface area contributed by atoms with Crippen LogP contribution in [0.2, 0.25) is 0 Å². The molecule has 1 N–H and O–H groups in total. The van der Waals surface area contributed by atoms with E-state index in [1.54, 1.807) is 6.34 Å². The maximum Gasteiger partial charge on any atom is 0.230 e. The largest absolute Gasteiger partial charge is 0.317 e. The molecule has 0 spiro atoms. The molecule has 1 aliphatic heterocycles. The minimum atomic E-state index is 0.130. The Kier molecular flexibility index (Phi) is 3.08. The summed E-state index contributed by atoms with van der Waals surface area (Å²) in [7, 11) is 0. The summed E-state index contributed by atoms with van der Waals surface area (Å²) in [5.41, 5.74) is 0. The summed E-state index contributed by atoms with van der Waals surface area (Å²) in [5.74, 6) is 1.52. The first-order valence-electron chi connectivity index (χ1n) is 6.02. The van der Waals surface area contributed by atoms with Crippen molar-refractivity contribution >= 4 is 12.2 Å². The van der Waals surface area contributed by atoms with Crippen LogP contribution in [0.4, 0.5) is 0 Å². The van der Waals surface area contributed by atoms with Crippen molar-refractivity contribution < 1.29 is 4.79 Å². The van der Waals surface area contributed by atoms with Gasteiger partial charge >= 0.3 is 0 Å². The number of carbonyl (C=O) groups is 1. The van der Waals surface area contributed by atoms with Crippen LogP contribution in [-0.2, 0) is 4.79 Å². The topological polar surface area (TPSA) is 41.5 Å². The van der Waals surface area contributed by atoms with Crippen molar-refractivity contribution in [3.05, 3.63) is 0 Å². The van der Waals surface area contributed by atoms with E-state index in [2.05, 4.69) is 24.2 Å². The number of nitrogens with one attached hydrogen (secondary N) is 1. The molecule has 0 bridgehead atoms. The molecule has 0 aromatic heterocycles. The predicted octanol–water partition coefficient (Wildman–Crippen LogP) is 1.98. The third kappa shape index (κ3) is 2.06. The lowest BCUT2D eigenvalue weighted by Gasteiger charge is -2.32. The molecule has 3 atom stereocenters. The Hall–Kier alpha value is -0.860. The van der Waals surface area contributed by atoms with Gasteiger partial charge in [0.25, 0.3) is 0 Å². The van der Waals surface area contributed by atoms with Crippen molar-refractivity contribution in [1.82, 2.24) is 5.32 Å². The zero-order valence-electron chi connectivity index (χ0n) is 9.57. The van der Waals surface area contributed by atoms with E-state index in [-0.39, 0.29) is 17.9 Å². The fourth-order valence-corrected chi connectivity index (χ4v) is 2.91. The SMILES string of the molecule is CC(C)C1CCCCC2C(=O)NC=NC21. The summed E-state index contributed by atoms with van der Waals surface area (Å²) in [4.78, 5) is 16.3. The number of carbonyl (C=O) groups excluding carboxylic acids is 1. The van der Waals surface area contributed by atoms with Crippen LogP contribution in [0.25, 0.3) is 0 Å². The molecule has 3 unspecified atom stereocenters. The van der Waals surface area contributed by atoms with Gasteiger partial charge in [0.1, 0.15) is 0 Å².